The Morgan fingerprint density at radius 2 is 2.29 bits per heavy atom. The lowest BCUT2D eigenvalue weighted by atomic mass is 10.2. The second-order valence-electron chi connectivity index (χ2n) is 4.32. The molecule has 1 aromatic heterocycles. The fraction of sp³-hybridized carbons (Fsp3) is 0.286. The van der Waals surface area contributed by atoms with E-state index in [1.54, 1.807) is 19.1 Å². The molecule has 0 aliphatic carbocycles. The van der Waals surface area contributed by atoms with Gasteiger partial charge in [-0.2, -0.15) is 0 Å². The molecule has 112 valence electrons. The SMILES string of the molecule is COc1ccc(F)cc1CSCC(=O)Nc1cc(C)on1. The maximum Gasteiger partial charge on any atom is 0.235 e. The highest BCUT2D eigenvalue weighted by molar-refractivity contribution is 7.99. The Kier molecular flexibility index (Phi) is 5.21. The summed E-state index contributed by atoms with van der Waals surface area (Å²) >= 11 is 1.36. The molecule has 0 fully saturated rings. The van der Waals surface area contributed by atoms with Crippen LogP contribution in [-0.4, -0.2) is 23.9 Å². The molecule has 0 bridgehead atoms. The van der Waals surface area contributed by atoms with E-state index in [9.17, 15) is 9.18 Å². The molecule has 0 aliphatic heterocycles. The summed E-state index contributed by atoms with van der Waals surface area (Å²) in [5.74, 6) is 1.82. The first-order valence-corrected chi connectivity index (χ1v) is 7.37. The third-order valence-corrected chi connectivity index (χ3v) is 3.61. The van der Waals surface area contributed by atoms with E-state index in [-0.39, 0.29) is 17.5 Å². The fourth-order valence-electron chi connectivity index (χ4n) is 1.72. The summed E-state index contributed by atoms with van der Waals surface area (Å²) in [5, 5.41) is 6.29. The number of carbonyl (C=O) groups excluding carboxylic acids is 1. The average Bonchev–Trinajstić information content (AvgIpc) is 2.84. The molecule has 1 aromatic carbocycles. The van der Waals surface area contributed by atoms with Crippen molar-refractivity contribution in [3.63, 3.8) is 0 Å². The number of ether oxygens (including phenoxy) is 1. The molecule has 21 heavy (non-hydrogen) atoms. The van der Waals surface area contributed by atoms with Gasteiger partial charge in [-0.05, 0) is 25.1 Å². The van der Waals surface area contributed by atoms with E-state index in [2.05, 4.69) is 10.5 Å². The Labute approximate surface area is 125 Å². The van der Waals surface area contributed by atoms with E-state index >= 15 is 0 Å². The summed E-state index contributed by atoms with van der Waals surface area (Å²) in [7, 11) is 1.53. The van der Waals surface area contributed by atoms with Crippen molar-refractivity contribution in [2.75, 3.05) is 18.2 Å². The molecule has 5 nitrogen and oxygen atoms in total. The van der Waals surface area contributed by atoms with Gasteiger partial charge < -0.3 is 14.6 Å². The molecule has 2 rings (SSSR count). The number of rotatable bonds is 6. The molecule has 0 radical (unpaired) electrons. The van der Waals surface area contributed by atoms with E-state index in [1.807, 2.05) is 0 Å². The largest absolute Gasteiger partial charge is 0.496 e. The van der Waals surface area contributed by atoms with E-state index < -0.39 is 0 Å². The zero-order valence-corrected chi connectivity index (χ0v) is 12.5. The summed E-state index contributed by atoms with van der Waals surface area (Å²) in [6.07, 6.45) is 0. The number of aryl methyl sites for hydroxylation is 1. The van der Waals surface area contributed by atoms with E-state index in [4.69, 9.17) is 9.26 Å². The fourth-order valence-corrected chi connectivity index (χ4v) is 2.52. The Bertz CT molecular complexity index is 630. The molecule has 0 saturated carbocycles. The van der Waals surface area contributed by atoms with Gasteiger partial charge in [0.25, 0.3) is 0 Å². The number of benzene rings is 1. The molecule has 1 N–H and O–H groups in total. The maximum absolute atomic E-state index is 13.2. The number of anilines is 1. The van der Waals surface area contributed by atoms with Gasteiger partial charge in [-0.1, -0.05) is 5.16 Å². The third-order valence-electron chi connectivity index (χ3n) is 2.63. The van der Waals surface area contributed by atoms with E-state index in [0.717, 1.165) is 0 Å². The van der Waals surface area contributed by atoms with Gasteiger partial charge in [-0.3, -0.25) is 4.79 Å². The number of thioether (sulfide) groups is 1. The van der Waals surface area contributed by atoms with Crippen LogP contribution in [-0.2, 0) is 10.5 Å². The standard InChI is InChI=1S/C14H15FN2O3S/c1-9-5-13(17-20-9)16-14(18)8-21-7-10-6-11(15)3-4-12(10)19-2/h3-6H,7-8H2,1-2H3,(H,16,17,18). The van der Waals surface area contributed by atoms with Gasteiger partial charge in [-0.15, -0.1) is 11.8 Å². The topological polar surface area (TPSA) is 64.4 Å². The summed E-state index contributed by atoms with van der Waals surface area (Å²) < 4.78 is 23.2. The Hall–Kier alpha value is -2.02. The van der Waals surface area contributed by atoms with Gasteiger partial charge in [0.1, 0.15) is 17.3 Å². The number of hydrogen-bond donors (Lipinski definition) is 1. The maximum atomic E-state index is 13.2. The minimum Gasteiger partial charge on any atom is -0.496 e. The normalized spacial score (nSPS) is 10.4. The van der Waals surface area contributed by atoms with Crippen LogP contribution in [0.5, 0.6) is 5.75 Å². The molecule has 0 atom stereocenters. The lowest BCUT2D eigenvalue weighted by Gasteiger charge is -2.08. The van der Waals surface area contributed by atoms with Crippen molar-refractivity contribution >= 4 is 23.5 Å². The molecule has 1 amide bonds. The smallest absolute Gasteiger partial charge is 0.235 e. The first-order chi connectivity index (χ1) is 10.1. The van der Waals surface area contributed by atoms with Gasteiger partial charge in [-0.25, -0.2) is 4.39 Å². The van der Waals surface area contributed by atoms with Crippen molar-refractivity contribution in [1.29, 1.82) is 0 Å². The molecule has 0 aliphatic rings. The predicted octanol–water partition coefficient (Wildman–Crippen LogP) is 3.00. The minimum absolute atomic E-state index is 0.191. The van der Waals surface area contributed by atoms with Gasteiger partial charge in [0.2, 0.25) is 5.91 Å². The summed E-state index contributed by atoms with van der Waals surface area (Å²) in [6.45, 7) is 1.74. The van der Waals surface area contributed by atoms with Crippen LogP contribution in [0.1, 0.15) is 11.3 Å². The van der Waals surface area contributed by atoms with Gasteiger partial charge in [0.05, 0.1) is 12.9 Å². The van der Waals surface area contributed by atoms with Crippen LogP contribution in [0.15, 0.2) is 28.8 Å². The predicted molar refractivity (Wildman–Crippen MR) is 79.0 cm³/mol. The first-order valence-electron chi connectivity index (χ1n) is 6.22. The molecule has 2 aromatic rings. The second kappa shape index (κ2) is 7.12. The monoisotopic (exact) mass is 310 g/mol. The van der Waals surface area contributed by atoms with Crippen molar-refractivity contribution < 1.29 is 18.4 Å². The summed E-state index contributed by atoms with van der Waals surface area (Å²) in [4.78, 5) is 11.7. The number of halogens is 1. The average molecular weight is 310 g/mol. The first kappa shape index (κ1) is 15.4. The van der Waals surface area contributed by atoms with Crippen LogP contribution in [0.2, 0.25) is 0 Å². The molecule has 7 heteroatoms. The van der Waals surface area contributed by atoms with Crippen LogP contribution in [0.3, 0.4) is 0 Å². The van der Waals surface area contributed by atoms with Crippen LogP contribution in [0, 0.1) is 12.7 Å². The van der Waals surface area contributed by atoms with Crippen molar-refractivity contribution in [1.82, 2.24) is 5.16 Å². The Balaban J connectivity index is 1.84. The minimum atomic E-state index is -0.325. The molecule has 1 heterocycles. The zero-order valence-electron chi connectivity index (χ0n) is 11.7. The Morgan fingerprint density at radius 3 is 2.95 bits per heavy atom. The highest BCUT2D eigenvalue weighted by atomic mass is 32.2. The Morgan fingerprint density at radius 1 is 1.48 bits per heavy atom. The van der Waals surface area contributed by atoms with Crippen molar-refractivity contribution in [3.8, 4) is 5.75 Å². The number of nitrogens with zero attached hydrogens (tertiary/aromatic N) is 1. The molecule has 0 spiro atoms. The summed E-state index contributed by atoms with van der Waals surface area (Å²) in [6, 6.07) is 5.96. The highest BCUT2D eigenvalue weighted by Gasteiger charge is 2.09. The number of aromatic nitrogens is 1. The lowest BCUT2D eigenvalue weighted by molar-refractivity contribution is -0.113. The van der Waals surface area contributed by atoms with Gasteiger partial charge >= 0.3 is 0 Å². The van der Waals surface area contributed by atoms with E-state index in [1.165, 1.54) is 31.0 Å². The molecular formula is C14H15FN2O3S. The van der Waals surface area contributed by atoms with Crippen LogP contribution in [0.25, 0.3) is 0 Å². The van der Waals surface area contributed by atoms with Crippen molar-refractivity contribution in [2.45, 2.75) is 12.7 Å². The number of amides is 1. The number of methoxy groups -OCH3 is 1. The summed E-state index contributed by atoms with van der Waals surface area (Å²) in [5.41, 5.74) is 0.715. The number of carbonyl (C=O) groups is 1. The van der Waals surface area contributed by atoms with Crippen molar-refractivity contribution in [2.24, 2.45) is 0 Å². The van der Waals surface area contributed by atoms with Crippen LogP contribution >= 0.6 is 11.8 Å². The number of nitrogens with one attached hydrogen (secondary N) is 1. The van der Waals surface area contributed by atoms with Gasteiger partial charge in [0.15, 0.2) is 5.82 Å². The third kappa shape index (κ3) is 4.49. The van der Waals surface area contributed by atoms with Crippen molar-refractivity contribution in [3.05, 3.63) is 41.4 Å². The van der Waals surface area contributed by atoms with Crippen LogP contribution < -0.4 is 10.1 Å². The molecular weight excluding hydrogens is 295 g/mol. The molecule has 0 unspecified atom stereocenters. The quantitative estimate of drug-likeness (QED) is 0.888. The highest BCUT2D eigenvalue weighted by Crippen LogP contribution is 2.24. The second-order valence-corrected chi connectivity index (χ2v) is 5.31. The zero-order chi connectivity index (χ0) is 15.2. The number of hydrogen-bond acceptors (Lipinski definition) is 5. The lowest BCUT2D eigenvalue weighted by Crippen LogP contribution is -2.14. The van der Waals surface area contributed by atoms with Crippen LogP contribution in [0.4, 0.5) is 10.2 Å². The van der Waals surface area contributed by atoms with E-state index in [0.29, 0.717) is 28.6 Å². The molecule has 0 saturated heterocycles. The van der Waals surface area contributed by atoms with Gasteiger partial charge in [0, 0.05) is 17.4 Å².